The number of halogens is 2. The number of nitrogens with zero attached hydrogens (tertiary/aromatic N) is 1. The fraction of sp³-hybridized carbons (Fsp3) is 0.625. The minimum Gasteiger partial charge on any atom is -0.302 e. The average Bonchev–Trinajstić information content (AvgIpc) is 2.97. The molecule has 1 aromatic carbocycles. The lowest BCUT2D eigenvalue weighted by molar-refractivity contribution is 0.214. The van der Waals surface area contributed by atoms with Gasteiger partial charge in [0, 0.05) is 13.1 Å². The number of hydrogen-bond acceptors (Lipinski definition) is 1. The SMILES string of the molecule is CN(Cc1cccc(F)c1Br)CC1CC2CCC1C2. The number of hydrogen-bond donors (Lipinski definition) is 0. The van der Waals surface area contributed by atoms with Gasteiger partial charge in [0.2, 0.25) is 0 Å². The smallest absolute Gasteiger partial charge is 0.137 e. The fourth-order valence-electron chi connectivity index (χ4n) is 4.03. The highest BCUT2D eigenvalue weighted by Gasteiger charge is 2.39. The first-order valence-electron chi connectivity index (χ1n) is 7.25. The maximum Gasteiger partial charge on any atom is 0.137 e. The molecule has 0 spiro atoms. The molecule has 2 aliphatic rings. The highest BCUT2D eigenvalue weighted by molar-refractivity contribution is 9.10. The van der Waals surface area contributed by atoms with Gasteiger partial charge in [0.1, 0.15) is 5.82 Å². The topological polar surface area (TPSA) is 3.24 Å². The van der Waals surface area contributed by atoms with Gasteiger partial charge in [-0.25, -0.2) is 4.39 Å². The van der Waals surface area contributed by atoms with Gasteiger partial charge in [0.05, 0.1) is 4.47 Å². The quantitative estimate of drug-likeness (QED) is 0.790. The molecule has 3 heteroatoms. The molecule has 1 nitrogen and oxygen atoms in total. The van der Waals surface area contributed by atoms with Crippen LogP contribution in [0.4, 0.5) is 4.39 Å². The molecule has 0 aliphatic heterocycles. The van der Waals surface area contributed by atoms with Crippen LogP contribution in [0.15, 0.2) is 22.7 Å². The van der Waals surface area contributed by atoms with E-state index in [0.717, 1.165) is 36.4 Å². The summed E-state index contributed by atoms with van der Waals surface area (Å²) < 4.78 is 14.1. The summed E-state index contributed by atoms with van der Waals surface area (Å²) in [6.45, 7) is 1.98. The van der Waals surface area contributed by atoms with Gasteiger partial charge in [-0.05, 0) is 71.6 Å². The molecule has 2 aliphatic carbocycles. The van der Waals surface area contributed by atoms with Crippen LogP contribution in [-0.4, -0.2) is 18.5 Å². The molecule has 3 rings (SSSR count). The summed E-state index contributed by atoms with van der Waals surface area (Å²) in [5.41, 5.74) is 1.05. The molecule has 2 saturated carbocycles. The predicted molar refractivity (Wildman–Crippen MR) is 79.4 cm³/mol. The van der Waals surface area contributed by atoms with Crippen molar-refractivity contribution in [2.45, 2.75) is 32.2 Å². The van der Waals surface area contributed by atoms with Crippen molar-refractivity contribution in [3.63, 3.8) is 0 Å². The molecule has 0 radical (unpaired) electrons. The third kappa shape index (κ3) is 2.87. The van der Waals surface area contributed by atoms with E-state index in [9.17, 15) is 4.39 Å². The Kier molecular flexibility index (Phi) is 3.95. The van der Waals surface area contributed by atoms with Crippen molar-refractivity contribution in [3.8, 4) is 0 Å². The Morgan fingerprint density at radius 1 is 1.32 bits per heavy atom. The lowest BCUT2D eigenvalue weighted by Crippen LogP contribution is -2.28. The molecule has 0 aromatic heterocycles. The van der Waals surface area contributed by atoms with Crippen LogP contribution in [-0.2, 0) is 6.54 Å². The van der Waals surface area contributed by atoms with Crippen LogP contribution >= 0.6 is 15.9 Å². The van der Waals surface area contributed by atoms with Crippen molar-refractivity contribution in [2.24, 2.45) is 17.8 Å². The Labute approximate surface area is 123 Å². The predicted octanol–water partition coefficient (Wildman–Crippen LogP) is 4.46. The Bertz CT molecular complexity index is 462. The molecule has 19 heavy (non-hydrogen) atoms. The number of fused-ring (bicyclic) bond motifs is 2. The van der Waals surface area contributed by atoms with E-state index in [4.69, 9.17) is 0 Å². The van der Waals surface area contributed by atoms with Gasteiger partial charge in [-0.2, -0.15) is 0 Å². The maximum atomic E-state index is 13.5. The first-order valence-corrected chi connectivity index (χ1v) is 8.04. The Balaban J connectivity index is 1.59. The second kappa shape index (κ2) is 5.53. The van der Waals surface area contributed by atoms with Gasteiger partial charge in [0.15, 0.2) is 0 Å². The summed E-state index contributed by atoms with van der Waals surface area (Å²) in [5.74, 6) is 2.68. The zero-order chi connectivity index (χ0) is 13.4. The second-order valence-electron chi connectivity index (χ2n) is 6.34. The third-order valence-electron chi connectivity index (χ3n) is 4.90. The lowest BCUT2D eigenvalue weighted by atomic mass is 9.88. The van der Waals surface area contributed by atoms with E-state index < -0.39 is 0 Å². The van der Waals surface area contributed by atoms with E-state index in [1.54, 1.807) is 6.07 Å². The molecule has 0 heterocycles. The zero-order valence-corrected chi connectivity index (χ0v) is 13.0. The van der Waals surface area contributed by atoms with E-state index >= 15 is 0 Å². The van der Waals surface area contributed by atoms with Crippen LogP contribution in [0.3, 0.4) is 0 Å². The third-order valence-corrected chi connectivity index (χ3v) is 5.79. The van der Waals surface area contributed by atoms with Gasteiger partial charge in [-0.1, -0.05) is 18.6 Å². The van der Waals surface area contributed by atoms with Crippen molar-refractivity contribution in [3.05, 3.63) is 34.1 Å². The second-order valence-corrected chi connectivity index (χ2v) is 7.14. The van der Waals surface area contributed by atoms with Crippen LogP contribution < -0.4 is 0 Å². The highest BCUT2D eigenvalue weighted by atomic mass is 79.9. The molecular weight excluding hydrogens is 305 g/mol. The minimum atomic E-state index is -0.161. The highest BCUT2D eigenvalue weighted by Crippen LogP contribution is 2.48. The minimum absolute atomic E-state index is 0.161. The Hall–Kier alpha value is -0.410. The normalized spacial score (nSPS) is 29.4. The van der Waals surface area contributed by atoms with E-state index in [1.807, 2.05) is 6.07 Å². The molecule has 1 aromatic rings. The summed E-state index contributed by atoms with van der Waals surface area (Å²) in [7, 11) is 2.16. The number of rotatable bonds is 4. The van der Waals surface area contributed by atoms with Gasteiger partial charge in [0.25, 0.3) is 0 Å². The van der Waals surface area contributed by atoms with E-state index in [1.165, 1.54) is 31.7 Å². The van der Waals surface area contributed by atoms with Crippen LogP contribution in [0.2, 0.25) is 0 Å². The molecule has 3 unspecified atom stereocenters. The van der Waals surface area contributed by atoms with Crippen LogP contribution in [0.1, 0.15) is 31.2 Å². The zero-order valence-electron chi connectivity index (χ0n) is 11.4. The number of benzene rings is 1. The molecule has 104 valence electrons. The van der Waals surface area contributed by atoms with Crippen LogP contribution in [0, 0.1) is 23.6 Å². The molecule has 0 saturated heterocycles. The van der Waals surface area contributed by atoms with E-state index in [-0.39, 0.29) is 5.82 Å². The molecule has 2 bridgehead atoms. The summed E-state index contributed by atoms with van der Waals surface area (Å²) in [5, 5.41) is 0. The first-order chi connectivity index (χ1) is 9.13. The summed E-state index contributed by atoms with van der Waals surface area (Å²) in [6.07, 6.45) is 5.77. The van der Waals surface area contributed by atoms with Crippen LogP contribution in [0.25, 0.3) is 0 Å². The molecule has 2 fully saturated rings. The van der Waals surface area contributed by atoms with Crippen molar-refractivity contribution >= 4 is 15.9 Å². The maximum absolute atomic E-state index is 13.5. The van der Waals surface area contributed by atoms with Gasteiger partial charge in [-0.15, -0.1) is 0 Å². The van der Waals surface area contributed by atoms with Crippen molar-refractivity contribution in [2.75, 3.05) is 13.6 Å². The van der Waals surface area contributed by atoms with Crippen molar-refractivity contribution in [1.82, 2.24) is 4.90 Å². The molecule has 0 N–H and O–H groups in total. The Morgan fingerprint density at radius 3 is 2.84 bits per heavy atom. The molecule has 3 atom stereocenters. The Morgan fingerprint density at radius 2 is 2.16 bits per heavy atom. The lowest BCUT2D eigenvalue weighted by Gasteiger charge is -2.27. The summed E-state index contributed by atoms with van der Waals surface area (Å²) in [6, 6.07) is 5.30. The summed E-state index contributed by atoms with van der Waals surface area (Å²) >= 11 is 3.35. The fourth-order valence-corrected chi connectivity index (χ4v) is 4.42. The van der Waals surface area contributed by atoms with Crippen LogP contribution in [0.5, 0.6) is 0 Å². The van der Waals surface area contributed by atoms with Gasteiger partial charge >= 0.3 is 0 Å². The van der Waals surface area contributed by atoms with E-state index in [2.05, 4.69) is 27.9 Å². The van der Waals surface area contributed by atoms with E-state index in [0.29, 0.717) is 4.47 Å². The average molecular weight is 326 g/mol. The molecule has 0 amide bonds. The largest absolute Gasteiger partial charge is 0.302 e. The van der Waals surface area contributed by atoms with Gasteiger partial charge in [-0.3, -0.25) is 0 Å². The van der Waals surface area contributed by atoms with Gasteiger partial charge < -0.3 is 4.90 Å². The van der Waals surface area contributed by atoms with Crippen molar-refractivity contribution in [1.29, 1.82) is 0 Å². The first kappa shape index (κ1) is 13.6. The standard InChI is InChI=1S/C16H21BrFN/c1-19(9-13-3-2-4-15(18)16(13)17)10-14-8-11-5-6-12(14)7-11/h2-4,11-12,14H,5-10H2,1H3. The monoisotopic (exact) mass is 325 g/mol. The molecular formula is C16H21BrFN. The van der Waals surface area contributed by atoms with Crippen molar-refractivity contribution < 1.29 is 4.39 Å². The summed E-state index contributed by atoms with van der Waals surface area (Å²) in [4.78, 5) is 2.35.